The summed E-state index contributed by atoms with van der Waals surface area (Å²) in [7, 11) is 3.77. The third-order valence-electron chi connectivity index (χ3n) is 7.67. The molecule has 0 spiro atoms. The SMILES string of the molecule is CC1Nc2cnc3ccc(-c4cnc(N)c(C(F)(F)F)c4)nc3c2N(C2CCN(C(=O)CN(C)C)CC2)C1C. The number of hydrogen-bond donors (Lipinski definition) is 2. The summed E-state index contributed by atoms with van der Waals surface area (Å²) in [4.78, 5) is 32.0. The number of rotatable bonds is 4. The van der Waals surface area contributed by atoms with Gasteiger partial charge in [0, 0.05) is 43.0 Å². The predicted molar refractivity (Wildman–Crippen MR) is 145 cm³/mol. The summed E-state index contributed by atoms with van der Waals surface area (Å²) in [6.07, 6.45) is 0.0746. The van der Waals surface area contributed by atoms with Crippen LogP contribution < -0.4 is 16.0 Å². The molecule has 3 aromatic heterocycles. The molecule has 0 bridgehead atoms. The Kier molecular flexibility index (Phi) is 7.00. The minimum atomic E-state index is -4.63. The van der Waals surface area contributed by atoms with E-state index in [9.17, 15) is 18.0 Å². The van der Waals surface area contributed by atoms with Gasteiger partial charge in [-0.2, -0.15) is 13.2 Å². The number of likely N-dealkylation sites (N-methyl/N-ethyl adjacent to an activating group) is 1. The Morgan fingerprint density at radius 1 is 1.15 bits per heavy atom. The van der Waals surface area contributed by atoms with Crippen molar-refractivity contribution in [3.05, 3.63) is 36.2 Å². The highest BCUT2D eigenvalue weighted by Gasteiger charge is 2.38. The zero-order valence-electron chi connectivity index (χ0n) is 22.5. The number of carbonyl (C=O) groups excluding carboxylic acids is 1. The van der Waals surface area contributed by atoms with E-state index >= 15 is 0 Å². The molecule has 1 amide bonds. The summed E-state index contributed by atoms with van der Waals surface area (Å²) in [6.45, 7) is 5.98. The van der Waals surface area contributed by atoms with Crippen LogP contribution >= 0.6 is 0 Å². The molecule has 0 aromatic carbocycles. The molecule has 0 radical (unpaired) electrons. The topological polar surface area (TPSA) is 104 Å². The number of nitrogen functional groups attached to an aromatic ring is 1. The van der Waals surface area contributed by atoms with Crippen LogP contribution in [0.5, 0.6) is 0 Å². The van der Waals surface area contributed by atoms with Gasteiger partial charge in [0.15, 0.2) is 0 Å². The van der Waals surface area contributed by atoms with Crippen molar-refractivity contribution in [3.63, 3.8) is 0 Å². The molecule has 3 aromatic rings. The van der Waals surface area contributed by atoms with Crippen LogP contribution in [0.4, 0.5) is 30.4 Å². The lowest BCUT2D eigenvalue weighted by Crippen LogP contribution is -2.56. The molecular weight excluding hydrogens is 509 g/mol. The van der Waals surface area contributed by atoms with Crippen LogP contribution in [0.2, 0.25) is 0 Å². The Labute approximate surface area is 225 Å². The van der Waals surface area contributed by atoms with E-state index in [4.69, 9.17) is 10.7 Å². The van der Waals surface area contributed by atoms with E-state index in [0.717, 1.165) is 30.3 Å². The number of nitrogens with one attached hydrogen (secondary N) is 1. The van der Waals surface area contributed by atoms with Crippen molar-refractivity contribution in [2.24, 2.45) is 0 Å². The van der Waals surface area contributed by atoms with Gasteiger partial charge in [0.25, 0.3) is 0 Å². The predicted octanol–water partition coefficient (Wildman–Crippen LogP) is 3.85. The third-order valence-corrected chi connectivity index (χ3v) is 7.67. The van der Waals surface area contributed by atoms with Gasteiger partial charge in [-0.05, 0) is 59.0 Å². The second kappa shape index (κ2) is 10.1. The van der Waals surface area contributed by atoms with Gasteiger partial charge in [-0.25, -0.2) is 9.97 Å². The number of likely N-dealkylation sites (tertiary alicyclic amines) is 1. The number of alkyl halides is 3. The first kappa shape index (κ1) is 26.9. The van der Waals surface area contributed by atoms with E-state index in [1.54, 1.807) is 18.3 Å². The van der Waals surface area contributed by atoms with Crippen LogP contribution in [-0.2, 0) is 11.0 Å². The molecule has 2 unspecified atom stereocenters. The number of amides is 1. The van der Waals surface area contributed by atoms with Crippen LogP contribution in [0.15, 0.2) is 30.6 Å². The number of piperidine rings is 1. The number of nitrogens with two attached hydrogens (primary N) is 1. The fourth-order valence-electron chi connectivity index (χ4n) is 5.51. The highest BCUT2D eigenvalue weighted by atomic mass is 19.4. The molecule has 2 aliphatic heterocycles. The minimum Gasteiger partial charge on any atom is -0.383 e. The number of halogens is 3. The monoisotopic (exact) mass is 542 g/mol. The van der Waals surface area contributed by atoms with Gasteiger partial charge < -0.3 is 25.8 Å². The van der Waals surface area contributed by atoms with Crippen molar-refractivity contribution in [1.82, 2.24) is 24.8 Å². The first-order valence-corrected chi connectivity index (χ1v) is 13.0. The maximum Gasteiger partial charge on any atom is 0.419 e. The summed E-state index contributed by atoms with van der Waals surface area (Å²) >= 11 is 0. The molecule has 3 N–H and O–H groups in total. The fraction of sp³-hybridized carbons (Fsp3) is 0.481. The van der Waals surface area contributed by atoms with Gasteiger partial charge in [-0.15, -0.1) is 0 Å². The number of aromatic nitrogens is 3. The van der Waals surface area contributed by atoms with Crippen molar-refractivity contribution < 1.29 is 18.0 Å². The Morgan fingerprint density at radius 3 is 2.54 bits per heavy atom. The number of pyridine rings is 3. The van der Waals surface area contributed by atoms with Crippen molar-refractivity contribution >= 4 is 34.1 Å². The molecule has 2 aliphatic rings. The second-order valence-electron chi connectivity index (χ2n) is 10.7. The summed E-state index contributed by atoms with van der Waals surface area (Å²) < 4.78 is 40.5. The molecule has 2 atom stereocenters. The third kappa shape index (κ3) is 5.17. The minimum absolute atomic E-state index is 0.109. The van der Waals surface area contributed by atoms with Crippen molar-refractivity contribution in [1.29, 1.82) is 0 Å². The number of anilines is 3. The first-order valence-electron chi connectivity index (χ1n) is 13.0. The standard InChI is InChI=1S/C27H33F3N8O/c1-15-16(2)38(18-7-9-37(10-8-18)23(39)14-36(3)4)25-22(34-15)13-32-21-6-5-20(35-24(21)25)17-11-19(27(28,29)30)26(31)33-12-17/h5-6,11-13,15-16,18,34H,7-10,14H2,1-4H3,(H2,31,33). The lowest BCUT2D eigenvalue weighted by molar-refractivity contribution is -0.137. The normalized spacial score (nSPS) is 20.3. The van der Waals surface area contributed by atoms with Crippen LogP contribution in [0, 0.1) is 0 Å². The number of nitrogens with zero attached hydrogens (tertiary/aromatic N) is 6. The Hall–Kier alpha value is -3.67. The largest absolute Gasteiger partial charge is 0.419 e. The molecule has 5 heterocycles. The Bertz CT molecular complexity index is 1390. The molecule has 39 heavy (non-hydrogen) atoms. The van der Waals surface area contributed by atoms with Gasteiger partial charge in [0.2, 0.25) is 5.91 Å². The van der Waals surface area contributed by atoms with Crippen LogP contribution in [0.1, 0.15) is 32.3 Å². The summed E-state index contributed by atoms with van der Waals surface area (Å²) in [5.74, 6) is -0.448. The van der Waals surface area contributed by atoms with Gasteiger partial charge >= 0.3 is 6.18 Å². The highest BCUT2D eigenvalue weighted by molar-refractivity contribution is 5.97. The molecule has 0 saturated carbocycles. The van der Waals surface area contributed by atoms with Crippen LogP contribution in [0.25, 0.3) is 22.3 Å². The zero-order valence-corrected chi connectivity index (χ0v) is 22.5. The highest BCUT2D eigenvalue weighted by Crippen LogP contribution is 2.42. The van der Waals surface area contributed by atoms with Gasteiger partial charge in [0.1, 0.15) is 11.3 Å². The summed E-state index contributed by atoms with van der Waals surface area (Å²) in [5.41, 5.74) is 8.05. The molecular formula is C27H33F3N8O. The average Bonchev–Trinajstić information content (AvgIpc) is 2.88. The number of carbonyl (C=O) groups is 1. The average molecular weight is 543 g/mol. The van der Waals surface area contributed by atoms with E-state index in [-0.39, 0.29) is 29.6 Å². The molecule has 0 aliphatic carbocycles. The van der Waals surface area contributed by atoms with Crippen molar-refractivity contribution in [2.45, 2.75) is 51.0 Å². The van der Waals surface area contributed by atoms with E-state index in [2.05, 4.69) is 34.0 Å². The zero-order chi connectivity index (χ0) is 28.1. The molecule has 5 rings (SSSR count). The van der Waals surface area contributed by atoms with E-state index < -0.39 is 17.6 Å². The van der Waals surface area contributed by atoms with Crippen LogP contribution in [-0.4, -0.2) is 82.5 Å². The lowest BCUT2D eigenvalue weighted by Gasteiger charge is -2.48. The van der Waals surface area contributed by atoms with Crippen molar-refractivity contribution in [3.8, 4) is 11.3 Å². The molecule has 1 fully saturated rings. The fourth-order valence-corrected chi connectivity index (χ4v) is 5.51. The van der Waals surface area contributed by atoms with E-state index in [0.29, 0.717) is 36.4 Å². The van der Waals surface area contributed by atoms with Gasteiger partial charge in [0.05, 0.1) is 40.9 Å². The lowest BCUT2D eigenvalue weighted by atomic mass is 9.95. The summed E-state index contributed by atoms with van der Waals surface area (Å²) in [6, 6.07) is 4.81. The molecule has 208 valence electrons. The first-order chi connectivity index (χ1) is 18.4. The number of fused-ring (bicyclic) bond motifs is 3. The van der Waals surface area contributed by atoms with Crippen LogP contribution in [0.3, 0.4) is 0 Å². The van der Waals surface area contributed by atoms with Gasteiger partial charge in [-0.3, -0.25) is 9.78 Å². The van der Waals surface area contributed by atoms with Crippen molar-refractivity contribution in [2.75, 3.05) is 49.7 Å². The molecule has 12 heteroatoms. The molecule has 1 saturated heterocycles. The molecule has 9 nitrogen and oxygen atoms in total. The second-order valence-corrected chi connectivity index (χ2v) is 10.7. The van der Waals surface area contributed by atoms with Gasteiger partial charge in [-0.1, -0.05) is 0 Å². The maximum absolute atomic E-state index is 13.5. The van der Waals surface area contributed by atoms with E-state index in [1.807, 2.05) is 23.9 Å². The smallest absolute Gasteiger partial charge is 0.383 e. The maximum atomic E-state index is 13.5. The van der Waals surface area contributed by atoms with E-state index in [1.165, 1.54) is 6.20 Å². The summed E-state index contributed by atoms with van der Waals surface area (Å²) in [5, 5.41) is 3.52. The Morgan fingerprint density at radius 2 is 1.87 bits per heavy atom. The quantitative estimate of drug-likeness (QED) is 0.513. The number of hydrogen-bond acceptors (Lipinski definition) is 8. The Balaban J connectivity index is 1.54.